The van der Waals surface area contributed by atoms with Gasteiger partial charge in [0.05, 0.1) is 16.3 Å². The zero-order valence-electron chi connectivity index (χ0n) is 15.4. The highest BCUT2D eigenvalue weighted by atomic mass is 35.5. The van der Waals surface area contributed by atoms with Crippen LogP contribution >= 0.6 is 23.2 Å². The Labute approximate surface area is 179 Å². The smallest absolute Gasteiger partial charge is 0.263 e. The molecule has 29 heavy (non-hydrogen) atoms. The summed E-state index contributed by atoms with van der Waals surface area (Å²) < 4.78 is 28.0. The lowest BCUT2D eigenvalue weighted by Crippen LogP contribution is -2.25. The number of carbonyl (C=O) groups is 1. The molecular weight excluding hydrogens is 431 g/mol. The summed E-state index contributed by atoms with van der Waals surface area (Å²) in [6.45, 7) is 2.30. The summed E-state index contributed by atoms with van der Waals surface area (Å²) in [4.78, 5) is 12.5. The van der Waals surface area contributed by atoms with Gasteiger partial charge in [0.25, 0.3) is 15.9 Å². The fourth-order valence-electron chi connectivity index (χ4n) is 2.64. The highest BCUT2D eigenvalue weighted by Gasteiger charge is 2.21. The van der Waals surface area contributed by atoms with Crippen molar-refractivity contribution in [3.8, 4) is 0 Å². The molecular formula is C21H18Cl2N2O3S. The van der Waals surface area contributed by atoms with Crippen molar-refractivity contribution in [2.24, 2.45) is 0 Å². The van der Waals surface area contributed by atoms with E-state index in [1.807, 2.05) is 31.2 Å². The van der Waals surface area contributed by atoms with Crippen molar-refractivity contribution < 1.29 is 13.2 Å². The fraction of sp³-hybridized carbons (Fsp3) is 0.0952. The molecule has 0 aromatic heterocycles. The van der Waals surface area contributed by atoms with Gasteiger partial charge in [0.15, 0.2) is 0 Å². The minimum Gasteiger partial charge on any atom is -0.348 e. The highest BCUT2D eigenvalue weighted by Crippen LogP contribution is 2.28. The third kappa shape index (κ3) is 5.29. The number of hydrogen-bond acceptors (Lipinski definition) is 3. The topological polar surface area (TPSA) is 75.3 Å². The Morgan fingerprint density at radius 3 is 2.38 bits per heavy atom. The first-order valence-corrected chi connectivity index (χ1v) is 10.9. The lowest BCUT2D eigenvalue weighted by atomic mass is 10.1. The second-order valence-corrected chi connectivity index (χ2v) is 8.89. The summed E-state index contributed by atoms with van der Waals surface area (Å²) in [6, 6.07) is 18.3. The maximum Gasteiger partial charge on any atom is 0.263 e. The molecule has 0 aliphatic rings. The number of amides is 1. The third-order valence-corrected chi connectivity index (χ3v) is 6.25. The van der Waals surface area contributed by atoms with E-state index in [4.69, 9.17) is 23.2 Å². The summed E-state index contributed by atoms with van der Waals surface area (Å²) in [5, 5.41) is 3.07. The van der Waals surface area contributed by atoms with Gasteiger partial charge in [-0.25, -0.2) is 8.42 Å². The quantitative estimate of drug-likeness (QED) is 0.554. The van der Waals surface area contributed by atoms with Crippen LogP contribution in [0.1, 0.15) is 21.5 Å². The van der Waals surface area contributed by atoms with Crippen LogP contribution in [0.3, 0.4) is 0 Å². The highest BCUT2D eigenvalue weighted by molar-refractivity contribution is 7.92. The molecule has 8 heteroatoms. The Bertz CT molecular complexity index is 1150. The number of halogens is 2. The third-order valence-electron chi connectivity index (χ3n) is 4.17. The number of aryl methyl sites for hydroxylation is 1. The molecule has 0 spiro atoms. The molecule has 0 radical (unpaired) electrons. The van der Waals surface area contributed by atoms with Gasteiger partial charge >= 0.3 is 0 Å². The molecule has 0 aliphatic carbocycles. The summed E-state index contributed by atoms with van der Waals surface area (Å²) >= 11 is 11.9. The number of nitrogens with one attached hydrogen (secondary N) is 2. The lowest BCUT2D eigenvalue weighted by molar-refractivity contribution is 0.0952. The SMILES string of the molecule is Cc1ccc(CNC(=O)c2ccccc2NS(=O)(=O)c2cc(Cl)ccc2Cl)cc1. The van der Waals surface area contributed by atoms with E-state index < -0.39 is 15.9 Å². The Morgan fingerprint density at radius 1 is 0.966 bits per heavy atom. The number of benzene rings is 3. The van der Waals surface area contributed by atoms with E-state index in [0.29, 0.717) is 6.54 Å². The molecule has 3 aromatic carbocycles. The molecule has 0 fully saturated rings. The zero-order chi connectivity index (χ0) is 21.0. The molecule has 0 saturated heterocycles. The molecule has 0 bridgehead atoms. The first-order valence-electron chi connectivity index (χ1n) is 8.67. The zero-order valence-corrected chi connectivity index (χ0v) is 17.8. The minimum atomic E-state index is -4.04. The van der Waals surface area contributed by atoms with Crippen LogP contribution in [0.5, 0.6) is 0 Å². The van der Waals surface area contributed by atoms with Crippen LogP contribution in [-0.2, 0) is 16.6 Å². The van der Waals surface area contributed by atoms with Gasteiger partial charge in [0.2, 0.25) is 0 Å². The van der Waals surface area contributed by atoms with Gasteiger partial charge in [0.1, 0.15) is 4.90 Å². The number of carbonyl (C=O) groups excluding carboxylic acids is 1. The summed E-state index contributed by atoms with van der Waals surface area (Å²) in [7, 11) is -4.04. The maximum absolute atomic E-state index is 12.8. The first-order chi connectivity index (χ1) is 13.8. The van der Waals surface area contributed by atoms with Crippen LogP contribution in [0.25, 0.3) is 0 Å². The largest absolute Gasteiger partial charge is 0.348 e. The molecule has 5 nitrogen and oxygen atoms in total. The molecule has 150 valence electrons. The van der Waals surface area contributed by atoms with Crippen molar-refractivity contribution in [2.75, 3.05) is 4.72 Å². The summed E-state index contributed by atoms with van der Waals surface area (Å²) in [6.07, 6.45) is 0. The lowest BCUT2D eigenvalue weighted by Gasteiger charge is -2.14. The van der Waals surface area contributed by atoms with Crippen molar-refractivity contribution in [3.05, 3.63) is 93.5 Å². The predicted octanol–water partition coefficient (Wildman–Crippen LogP) is 5.03. The van der Waals surface area contributed by atoms with E-state index in [2.05, 4.69) is 10.0 Å². The van der Waals surface area contributed by atoms with Crippen molar-refractivity contribution in [2.45, 2.75) is 18.4 Å². The van der Waals surface area contributed by atoms with Gasteiger partial charge in [-0.3, -0.25) is 9.52 Å². The van der Waals surface area contributed by atoms with Crippen molar-refractivity contribution in [1.82, 2.24) is 5.32 Å². The molecule has 3 rings (SSSR count). The number of anilines is 1. The van der Waals surface area contributed by atoms with Gasteiger partial charge in [-0.1, -0.05) is 65.2 Å². The van der Waals surface area contributed by atoms with E-state index in [1.165, 1.54) is 24.3 Å². The fourth-order valence-corrected chi connectivity index (χ4v) is 4.48. The standard InChI is InChI=1S/C21H18Cl2N2O3S/c1-14-6-8-15(9-7-14)13-24-21(26)17-4-2-3-5-19(17)25-29(27,28)20-12-16(22)10-11-18(20)23/h2-12,25H,13H2,1H3,(H,24,26). The maximum atomic E-state index is 12.8. The average Bonchev–Trinajstić information content (AvgIpc) is 2.69. The van der Waals surface area contributed by atoms with Gasteiger partial charge in [-0.2, -0.15) is 0 Å². The van der Waals surface area contributed by atoms with E-state index in [1.54, 1.807) is 18.2 Å². The van der Waals surface area contributed by atoms with Gasteiger partial charge in [-0.05, 0) is 42.8 Å². The Kier molecular flexibility index (Phi) is 6.47. The van der Waals surface area contributed by atoms with Crippen LogP contribution in [0.2, 0.25) is 10.0 Å². The summed E-state index contributed by atoms with van der Waals surface area (Å²) in [5.74, 6) is -0.402. The van der Waals surface area contributed by atoms with Crippen LogP contribution in [0, 0.1) is 6.92 Å². The number of hydrogen-bond donors (Lipinski definition) is 2. The van der Waals surface area contributed by atoms with Crippen LogP contribution in [0.4, 0.5) is 5.69 Å². The monoisotopic (exact) mass is 448 g/mol. The summed E-state index contributed by atoms with van der Waals surface area (Å²) in [5.41, 5.74) is 2.40. The second-order valence-electron chi connectivity index (χ2n) is 6.39. The molecule has 0 atom stereocenters. The van der Waals surface area contributed by atoms with Crippen LogP contribution in [-0.4, -0.2) is 14.3 Å². The molecule has 3 aromatic rings. The second kappa shape index (κ2) is 8.86. The molecule has 0 saturated carbocycles. The number of para-hydroxylation sites is 1. The van der Waals surface area contributed by atoms with Crippen LogP contribution in [0.15, 0.2) is 71.6 Å². The van der Waals surface area contributed by atoms with E-state index in [0.717, 1.165) is 11.1 Å². The van der Waals surface area contributed by atoms with Gasteiger partial charge < -0.3 is 5.32 Å². The van der Waals surface area contributed by atoms with Crippen LogP contribution < -0.4 is 10.0 Å². The van der Waals surface area contributed by atoms with Gasteiger partial charge in [-0.15, -0.1) is 0 Å². The molecule has 0 heterocycles. The van der Waals surface area contributed by atoms with E-state index in [9.17, 15) is 13.2 Å². The van der Waals surface area contributed by atoms with Crippen molar-refractivity contribution in [1.29, 1.82) is 0 Å². The number of rotatable bonds is 6. The first kappa shape index (κ1) is 21.2. The predicted molar refractivity (Wildman–Crippen MR) is 116 cm³/mol. The van der Waals surface area contributed by atoms with Crippen molar-refractivity contribution in [3.63, 3.8) is 0 Å². The Morgan fingerprint density at radius 2 is 1.66 bits per heavy atom. The molecule has 2 N–H and O–H groups in total. The van der Waals surface area contributed by atoms with E-state index in [-0.39, 0.29) is 26.2 Å². The minimum absolute atomic E-state index is 0.0307. The Balaban J connectivity index is 1.82. The normalized spacial score (nSPS) is 11.1. The Hall–Kier alpha value is -2.54. The average molecular weight is 449 g/mol. The van der Waals surface area contributed by atoms with Gasteiger partial charge in [0, 0.05) is 11.6 Å². The number of sulfonamides is 1. The van der Waals surface area contributed by atoms with E-state index >= 15 is 0 Å². The molecule has 0 unspecified atom stereocenters. The molecule has 1 amide bonds. The van der Waals surface area contributed by atoms with Crippen molar-refractivity contribution >= 4 is 44.8 Å². The molecule has 0 aliphatic heterocycles.